The van der Waals surface area contributed by atoms with E-state index in [9.17, 15) is 20.2 Å². The molecule has 0 saturated carbocycles. The van der Waals surface area contributed by atoms with Gasteiger partial charge in [-0.1, -0.05) is 0 Å². The Labute approximate surface area is 155 Å². The number of nitro benzene ring substituents is 1. The van der Waals surface area contributed by atoms with Gasteiger partial charge in [0.25, 0.3) is 5.69 Å². The van der Waals surface area contributed by atoms with Crippen molar-refractivity contribution in [3.8, 4) is 5.00 Å². The first-order valence-electron chi connectivity index (χ1n) is 6.77. The van der Waals surface area contributed by atoms with Gasteiger partial charge in [-0.15, -0.1) is 16.4 Å². The molecule has 0 fully saturated rings. The number of hydrogen-bond donors (Lipinski definition) is 0. The molecule has 0 aliphatic heterocycles. The standard InChI is InChI=1S/C12H5N7O4S3/c20-18(21)6-1-2-7-8(5-6)24-12(13-7)26-11-14-15-16-17(11)9-3-4-10(25-9)19(22)23/h1-5H. The first kappa shape index (κ1) is 16.5. The zero-order chi connectivity index (χ0) is 18.3. The lowest BCUT2D eigenvalue weighted by Gasteiger charge is -1.97. The highest BCUT2D eigenvalue weighted by molar-refractivity contribution is 8.01. The van der Waals surface area contributed by atoms with E-state index < -0.39 is 9.85 Å². The molecule has 0 amide bonds. The predicted octanol–water partition coefficient (Wildman–Crippen LogP) is 3.30. The van der Waals surface area contributed by atoms with Crippen LogP contribution >= 0.6 is 34.4 Å². The fourth-order valence-electron chi connectivity index (χ4n) is 2.04. The third-order valence-electron chi connectivity index (χ3n) is 3.15. The number of thiazole rings is 1. The second-order valence-corrected chi connectivity index (χ2v) is 8.02. The predicted molar refractivity (Wildman–Crippen MR) is 94.1 cm³/mol. The molecule has 0 spiro atoms. The largest absolute Gasteiger partial charge is 0.326 e. The third-order valence-corrected chi connectivity index (χ3v) is 6.18. The van der Waals surface area contributed by atoms with Gasteiger partial charge in [0.05, 0.1) is 20.1 Å². The van der Waals surface area contributed by atoms with E-state index in [1.54, 1.807) is 12.1 Å². The van der Waals surface area contributed by atoms with Crippen LogP contribution in [0.2, 0.25) is 0 Å². The lowest BCUT2D eigenvalue weighted by molar-refractivity contribution is -0.384. The highest BCUT2D eigenvalue weighted by Crippen LogP contribution is 2.36. The van der Waals surface area contributed by atoms with Crippen molar-refractivity contribution in [3.63, 3.8) is 0 Å². The second-order valence-electron chi connectivity index (χ2n) is 4.73. The van der Waals surface area contributed by atoms with Crippen LogP contribution in [-0.4, -0.2) is 35.0 Å². The zero-order valence-corrected chi connectivity index (χ0v) is 14.8. The maximum absolute atomic E-state index is 10.9. The summed E-state index contributed by atoms with van der Waals surface area (Å²) in [7, 11) is 0. The van der Waals surface area contributed by atoms with Gasteiger partial charge >= 0.3 is 5.00 Å². The Kier molecular flexibility index (Phi) is 4.06. The summed E-state index contributed by atoms with van der Waals surface area (Å²) < 4.78 is 2.66. The van der Waals surface area contributed by atoms with E-state index in [2.05, 4.69) is 20.5 Å². The molecule has 3 aromatic heterocycles. The number of benzene rings is 1. The Hall–Kier alpha value is -2.97. The van der Waals surface area contributed by atoms with Crippen LogP contribution in [0.1, 0.15) is 0 Å². The molecule has 4 rings (SSSR count). The zero-order valence-electron chi connectivity index (χ0n) is 12.4. The minimum atomic E-state index is -0.480. The molecule has 26 heavy (non-hydrogen) atoms. The van der Waals surface area contributed by atoms with Crippen LogP contribution in [0.15, 0.2) is 39.8 Å². The molecule has 0 aliphatic carbocycles. The molecule has 0 N–H and O–H groups in total. The first-order valence-corrected chi connectivity index (χ1v) is 9.22. The Morgan fingerprint density at radius 1 is 1.08 bits per heavy atom. The lowest BCUT2D eigenvalue weighted by atomic mass is 10.3. The van der Waals surface area contributed by atoms with Gasteiger partial charge in [-0.05, 0) is 45.7 Å². The van der Waals surface area contributed by atoms with E-state index in [4.69, 9.17) is 0 Å². The molecule has 0 radical (unpaired) electrons. The van der Waals surface area contributed by atoms with Crippen LogP contribution in [-0.2, 0) is 0 Å². The molecule has 0 bridgehead atoms. The van der Waals surface area contributed by atoms with E-state index in [0.29, 0.717) is 24.7 Å². The van der Waals surface area contributed by atoms with Crippen molar-refractivity contribution in [1.29, 1.82) is 0 Å². The summed E-state index contributed by atoms with van der Waals surface area (Å²) >= 11 is 3.40. The van der Waals surface area contributed by atoms with Crippen molar-refractivity contribution in [1.82, 2.24) is 25.2 Å². The minimum Gasteiger partial charge on any atom is -0.258 e. The van der Waals surface area contributed by atoms with Crippen molar-refractivity contribution in [2.24, 2.45) is 0 Å². The summed E-state index contributed by atoms with van der Waals surface area (Å²) in [6.07, 6.45) is 0. The van der Waals surface area contributed by atoms with Crippen LogP contribution in [0.5, 0.6) is 0 Å². The molecular weight excluding hydrogens is 402 g/mol. The molecular formula is C12H5N7O4S3. The van der Waals surface area contributed by atoms with Crippen molar-refractivity contribution in [2.75, 3.05) is 0 Å². The monoisotopic (exact) mass is 407 g/mol. The summed E-state index contributed by atoms with van der Waals surface area (Å²) in [5, 5.41) is 33.9. The normalized spacial score (nSPS) is 11.1. The SMILES string of the molecule is O=[N+]([O-])c1ccc2nc(Sc3nnnn3-c3ccc([N+](=O)[O-])s3)sc2c1. The molecule has 14 heteroatoms. The second kappa shape index (κ2) is 6.40. The van der Waals surface area contributed by atoms with Crippen molar-refractivity contribution in [2.45, 2.75) is 9.50 Å². The topological polar surface area (TPSA) is 143 Å². The minimum absolute atomic E-state index is 0.00608. The van der Waals surface area contributed by atoms with Crippen LogP contribution in [0.25, 0.3) is 15.2 Å². The molecule has 11 nitrogen and oxygen atoms in total. The molecule has 3 heterocycles. The molecule has 0 atom stereocenters. The van der Waals surface area contributed by atoms with Crippen LogP contribution in [0, 0.1) is 20.2 Å². The Bertz CT molecular complexity index is 1150. The van der Waals surface area contributed by atoms with E-state index in [1.807, 2.05) is 0 Å². The van der Waals surface area contributed by atoms with Gasteiger partial charge in [0, 0.05) is 18.2 Å². The number of aromatic nitrogens is 5. The van der Waals surface area contributed by atoms with Gasteiger partial charge < -0.3 is 0 Å². The van der Waals surface area contributed by atoms with Crippen molar-refractivity contribution >= 4 is 55.3 Å². The summed E-state index contributed by atoms with van der Waals surface area (Å²) in [6.45, 7) is 0. The number of thiophene rings is 1. The van der Waals surface area contributed by atoms with Crippen LogP contribution in [0.4, 0.5) is 10.7 Å². The van der Waals surface area contributed by atoms with E-state index in [1.165, 1.54) is 46.0 Å². The number of rotatable bonds is 5. The molecule has 0 aliphatic rings. The fourth-order valence-corrected chi connectivity index (χ4v) is 4.85. The van der Waals surface area contributed by atoms with E-state index >= 15 is 0 Å². The Balaban J connectivity index is 1.65. The van der Waals surface area contributed by atoms with E-state index in [-0.39, 0.29) is 10.7 Å². The molecule has 0 unspecified atom stereocenters. The quantitative estimate of drug-likeness (QED) is 0.359. The lowest BCUT2D eigenvalue weighted by Crippen LogP contribution is -1.95. The van der Waals surface area contributed by atoms with Gasteiger partial charge in [0.1, 0.15) is 5.00 Å². The number of tetrazole rings is 1. The molecule has 130 valence electrons. The first-order chi connectivity index (χ1) is 12.5. The molecule has 4 aromatic rings. The summed E-state index contributed by atoms with van der Waals surface area (Å²) in [6, 6.07) is 7.38. The third kappa shape index (κ3) is 3.00. The maximum atomic E-state index is 10.9. The van der Waals surface area contributed by atoms with E-state index in [0.717, 1.165) is 11.3 Å². The summed E-state index contributed by atoms with van der Waals surface area (Å²) in [5.74, 6) is 0. The average Bonchev–Trinajstić information content (AvgIpc) is 3.32. The van der Waals surface area contributed by atoms with Gasteiger partial charge in [0.15, 0.2) is 4.34 Å². The number of nitro groups is 2. The number of hydrogen-bond acceptors (Lipinski definition) is 11. The van der Waals surface area contributed by atoms with Gasteiger partial charge in [-0.2, -0.15) is 4.68 Å². The average molecular weight is 407 g/mol. The van der Waals surface area contributed by atoms with Crippen LogP contribution in [0.3, 0.4) is 0 Å². The highest BCUT2D eigenvalue weighted by atomic mass is 32.2. The van der Waals surface area contributed by atoms with Gasteiger partial charge in [-0.3, -0.25) is 20.2 Å². The summed E-state index contributed by atoms with van der Waals surface area (Å²) in [4.78, 5) is 25.2. The van der Waals surface area contributed by atoms with Gasteiger partial charge in [0.2, 0.25) is 5.16 Å². The molecule has 1 aromatic carbocycles. The van der Waals surface area contributed by atoms with Crippen LogP contribution < -0.4 is 0 Å². The number of nitrogens with zero attached hydrogens (tertiary/aromatic N) is 7. The Morgan fingerprint density at radius 3 is 2.65 bits per heavy atom. The number of non-ortho nitro benzene ring substituents is 1. The fraction of sp³-hybridized carbons (Fsp3) is 0. The van der Waals surface area contributed by atoms with Gasteiger partial charge in [-0.25, -0.2) is 4.98 Å². The van der Waals surface area contributed by atoms with Crippen molar-refractivity contribution in [3.05, 3.63) is 50.6 Å². The maximum Gasteiger partial charge on any atom is 0.326 e. The number of fused-ring (bicyclic) bond motifs is 1. The smallest absolute Gasteiger partial charge is 0.258 e. The van der Waals surface area contributed by atoms with Crippen molar-refractivity contribution < 1.29 is 9.85 Å². The highest BCUT2D eigenvalue weighted by Gasteiger charge is 2.18. The Morgan fingerprint density at radius 2 is 1.92 bits per heavy atom. The summed E-state index contributed by atoms with van der Waals surface area (Å²) in [5.41, 5.74) is 0.627. The molecule has 0 saturated heterocycles.